The minimum Gasteiger partial charge on any atom is -0.368 e. The fourth-order valence-corrected chi connectivity index (χ4v) is 4.02. The Kier molecular flexibility index (Phi) is 5.57. The Balaban J connectivity index is 1.48. The number of piperazine rings is 1. The number of rotatable bonds is 3. The number of benzene rings is 2. The van der Waals surface area contributed by atoms with E-state index in [0.717, 1.165) is 29.9 Å². The van der Waals surface area contributed by atoms with Crippen molar-refractivity contribution in [1.29, 1.82) is 0 Å². The van der Waals surface area contributed by atoms with Gasteiger partial charge in [0, 0.05) is 44.7 Å². The molecular weight excluding hydrogens is 376 g/mol. The Hall–Kier alpha value is -3.15. The van der Waals surface area contributed by atoms with Crippen molar-refractivity contribution in [1.82, 2.24) is 4.90 Å². The highest BCUT2D eigenvalue weighted by Crippen LogP contribution is 2.26. The van der Waals surface area contributed by atoms with Crippen molar-refractivity contribution >= 4 is 28.9 Å². The molecule has 30 heavy (non-hydrogen) atoms. The Morgan fingerprint density at radius 3 is 2.37 bits per heavy atom. The molecule has 6 heteroatoms. The lowest BCUT2D eigenvalue weighted by atomic mass is 10.1. The second-order valence-corrected chi connectivity index (χ2v) is 8.16. The first kappa shape index (κ1) is 20.1. The zero-order chi connectivity index (χ0) is 21.3. The topological polar surface area (TPSA) is 56.2 Å². The van der Waals surface area contributed by atoms with Gasteiger partial charge in [-0.05, 0) is 55.7 Å². The van der Waals surface area contributed by atoms with E-state index in [1.54, 1.807) is 0 Å². The second-order valence-electron chi connectivity index (χ2n) is 8.16. The molecule has 6 nitrogen and oxygen atoms in total. The van der Waals surface area contributed by atoms with Crippen LogP contribution in [0.25, 0.3) is 0 Å². The van der Waals surface area contributed by atoms with E-state index in [0.29, 0.717) is 31.6 Å². The summed E-state index contributed by atoms with van der Waals surface area (Å²) in [5.41, 5.74) is 5.69. The lowest BCUT2D eigenvalue weighted by Crippen LogP contribution is -2.51. The van der Waals surface area contributed by atoms with Crippen molar-refractivity contribution < 1.29 is 9.59 Å². The average Bonchev–Trinajstić information content (AvgIpc) is 2.75. The van der Waals surface area contributed by atoms with Gasteiger partial charge in [-0.1, -0.05) is 24.3 Å². The molecule has 0 N–H and O–H groups in total. The van der Waals surface area contributed by atoms with E-state index in [1.807, 2.05) is 36.9 Å². The van der Waals surface area contributed by atoms with Gasteiger partial charge < -0.3 is 9.80 Å². The Morgan fingerprint density at radius 2 is 1.63 bits per heavy atom. The number of hydrazone groups is 1. The number of carbonyl (C=O) groups is 2. The van der Waals surface area contributed by atoms with Crippen molar-refractivity contribution in [3.8, 4) is 0 Å². The van der Waals surface area contributed by atoms with Crippen LogP contribution in [0.15, 0.2) is 47.6 Å². The molecular formula is C24H28N4O2. The largest absolute Gasteiger partial charge is 0.368 e. The molecule has 0 atom stereocenters. The third-order valence-corrected chi connectivity index (χ3v) is 5.81. The number of anilines is 2. The highest BCUT2D eigenvalue weighted by Gasteiger charge is 2.30. The summed E-state index contributed by atoms with van der Waals surface area (Å²) >= 11 is 0. The van der Waals surface area contributed by atoms with E-state index in [9.17, 15) is 9.59 Å². The van der Waals surface area contributed by atoms with Gasteiger partial charge in [0.1, 0.15) is 5.71 Å². The molecule has 2 heterocycles. The first-order valence-corrected chi connectivity index (χ1v) is 10.5. The van der Waals surface area contributed by atoms with Gasteiger partial charge in [0.2, 0.25) is 5.91 Å². The highest BCUT2D eigenvalue weighted by molar-refractivity contribution is 6.40. The lowest BCUT2D eigenvalue weighted by molar-refractivity contribution is -0.124. The quantitative estimate of drug-likeness (QED) is 0.787. The molecule has 0 aliphatic carbocycles. The van der Waals surface area contributed by atoms with Crippen molar-refractivity contribution in [3.05, 3.63) is 59.2 Å². The van der Waals surface area contributed by atoms with Gasteiger partial charge in [-0.25, -0.2) is 5.01 Å². The van der Waals surface area contributed by atoms with Crippen LogP contribution >= 0.6 is 0 Å². The summed E-state index contributed by atoms with van der Waals surface area (Å²) in [6.07, 6.45) is 0.707. The van der Waals surface area contributed by atoms with Crippen LogP contribution in [0, 0.1) is 20.8 Å². The van der Waals surface area contributed by atoms with Gasteiger partial charge in [-0.3, -0.25) is 9.59 Å². The fourth-order valence-electron chi connectivity index (χ4n) is 4.02. The third kappa shape index (κ3) is 4.08. The van der Waals surface area contributed by atoms with E-state index < -0.39 is 0 Å². The summed E-state index contributed by atoms with van der Waals surface area (Å²) in [6.45, 7) is 8.93. The van der Waals surface area contributed by atoms with Crippen molar-refractivity contribution in [3.63, 3.8) is 0 Å². The summed E-state index contributed by atoms with van der Waals surface area (Å²) in [6, 6.07) is 14.4. The zero-order valence-electron chi connectivity index (χ0n) is 17.9. The van der Waals surface area contributed by atoms with Gasteiger partial charge in [0.25, 0.3) is 5.91 Å². The van der Waals surface area contributed by atoms with Crippen LogP contribution in [0.5, 0.6) is 0 Å². The molecule has 0 saturated carbocycles. The van der Waals surface area contributed by atoms with Crippen LogP contribution in [0.3, 0.4) is 0 Å². The minimum atomic E-state index is -0.0653. The lowest BCUT2D eigenvalue weighted by Gasteiger charge is -2.37. The Labute approximate surface area is 177 Å². The van der Waals surface area contributed by atoms with E-state index in [2.05, 4.69) is 41.2 Å². The molecule has 0 aromatic heterocycles. The summed E-state index contributed by atoms with van der Waals surface area (Å²) < 4.78 is 0. The van der Waals surface area contributed by atoms with Crippen LogP contribution in [0.1, 0.15) is 29.5 Å². The number of hydrogen-bond donors (Lipinski definition) is 0. The van der Waals surface area contributed by atoms with Crippen LogP contribution in [0.2, 0.25) is 0 Å². The SMILES string of the molecule is Cc1cccc(N2CCN(C(=O)C3=NN(c4cc(C)ccc4C)C(=O)CC3)CC2)c1. The molecule has 2 aliphatic heterocycles. The first-order chi connectivity index (χ1) is 14.4. The van der Waals surface area contributed by atoms with Gasteiger partial charge in [0.15, 0.2) is 0 Å². The molecule has 4 rings (SSSR count). The average molecular weight is 405 g/mol. The van der Waals surface area contributed by atoms with E-state index in [-0.39, 0.29) is 11.8 Å². The molecule has 2 aromatic rings. The maximum absolute atomic E-state index is 13.1. The third-order valence-electron chi connectivity index (χ3n) is 5.81. The fraction of sp³-hybridized carbons (Fsp3) is 0.375. The zero-order valence-corrected chi connectivity index (χ0v) is 17.9. The van der Waals surface area contributed by atoms with Crippen molar-refractivity contribution in [2.75, 3.05) is 36.1 Å². The smallest absolute Gasteiger partial charge is 0.270 e. The Morgan fingerprint density at radius 1 is 0.900 bits per heavy atom. The highest BCUT2D eigenvalue weighted by atomic mass is 16.2. The van der Waals surface area contributed by atoms with Crippen molar-refractivity contribution in [2.24, 2.45) is 5.10 Å². The van der Waals surface area contributed by atoms with E-state index in [4.69, 9.17) is 0 Å². The number of aryl methyl sites for hydroxylation is 3. The van der Waals surface area contributed by atoms with Crippen molar-refractivity contribution in [2.45, 2.75) is 33.6 Å². The molecule has 1 fully saturated rings. The van der Waals surface area contributed by atoms with Gasteiger partial charge >= 0.3 is 0 Å². The first-order valence-electron chi connectivity index (χ1n) is 10.5. The van der Waals surface area contributed by atoms with Crippen LogP contribution < -0.4 is 9.91 Å². The molecule has 0 radical (unpaired) electrons. The molecule has 2 amide bonds. The summed E-state index contributed by atoms with van der Waals surface area (Å²) in [5, 5.41) is 5.91. The van der Waals surface area contributed by atoms with Gasteiger partial charge in [-0.15, -0.1) is 0 Å². The van der Waals surface area contributed by atoms with E-state index >= 15 is 0 Å². The molecule has 2 aliphatic rings. The van der Waals surface area contributed by atoms with Crippen LogP contribution in [-0.4, -0.2) is 48.6 Å². The molecule has 2 aromatic carbocycles. The second kappa shape index (κ2) is 8.30. The molecule has 0 spiro atoms. The maximum atomic E-state index is 13.1. The predicted molar refractivity (Wildman–Crippen MR) is 120 cm³/mol. The number of carbonyl (C=O) groups excluding carboxylic acids is 2. The molecule has 0 unspecified atom stereocenters. The minimum absolute atomic E-state index is 0.0540. The van der Waals surface area contributed by atoms with Crippen LogP contribution in [0.4, 0.5) is 11.4 Å². The molecule has 156 valence electrons. The predicted octanol–water partition coefficient (Wildman–Crippen LogP) is 3.44. The normalized spacial score (nSPS) is 17.2. The maximum Gasteiger partial charge on any atom is 0.270 e. The summed E-state index contributed by atoms with van der Waals surface area (Å²) in [4.78, 5) is 29.8. The Bertz CT molecular complexity index is 1010. The molecule has 0 bridgehead atoms. The number of amides is 2. The van der Waals surface area contributed by atoms with Gasteiger partial charge in [-0.2, -0.15) is 5.10 Å². The molecule has 1 saturated heterocycles. The monoisotopic (exact) mass is 404 g/mol. The van der Waals surface area contributed by atoms with Crippen LogP contribution in [-0.2, 0) is 9.59 Å². The summed E-state index contributed by atoms with van der Waals surface area (Å²) in [5.74, 6) is -0.119. The van der Waals surface area contributed by atoms with Gasteiger partial charge in [0.05, 0.1) is 5.69 Å². The number of hydrogen-bond acceptors (Lipinski definition) is 4. The standard InChI is InChI=1S/C24H28N4O2/c1-17-5-4-6-20(15-17)26-11-13-27(14-12-26)24(30)21-9-10-23(29)28(25-21)22-16-18(2)7-8-19(22)3/h4-8,15-16H,9-14H2,1-3H3. The summed E-state index contributed by atoms with van der Waals surface area (Å²) in [7, 11) is 0. The van der Waals surface area contributed by atoms with E-state index in [1.165, 1.54) is 16.3 Å². The number of nitrogens with zero attached hydrogens (tertiary/aromatic N) is 4.